The number of anilines is 2. The van der Waals surface area contributed by atoms with E-state index in [1.165, 1.54) is 12.1 Å². The van der Waals surface area contributed by atoms with E-state index in [0.29, 0.717) is 37.5 Å². The molecule has 2 amide bonds. The number of hydrogen-bond donors (Lipinski definition) is 0. The van der Waals surface area contributed by atoms with Crippen LogP contribution in [0.2, 0.25) is 0 Å². The van der Waals surface area contributed by atoms with Gasteiger partial charge < -0.3 is 19.4 Å². The van der Waals surface area contributed by atoms with Crippen LogP contribution in [-0.2, 0) is 10.2 Å². The first kappa shape index (κ1) is 25.5. The highest BCUT2D eigenvalue weighted by Crippen LogP contribution is 2.35. The van der Waals surface area contributed by atoms with E-state index < -0.39 is 5.41 Å². The number of halogens is 1. The van der Waals surface area contributed by atoms with Crippen molar-refractivity contribution in [2.45, 2.75) is 19.3 Å². The van der Waals surface area contributed by atoms with Gasteiger partial charge in [-0.25, -0.2) is 4.39 Å². The van der Waals surface area contributed by atoms with Crippen molar-refractivity contribution in [1.82, 2.24) is 9.80 Å². The molecule has 0 atom stereocenters. The number of amides is 2. The van der Waals surface area contributed by atoms with Crippen LogP contribution in [0.5, 0.6) is 5.75 Å². The minimum Gasteiger partial charge on any atom is -0.496 e. The van der Waals surface area contributed by atoms with Crippen molar-refractivity contribution in [3.63, 3.8) is 0 Å². The summed E-state index contributed by atoms with van der Waals surface area (Å²) in [5.74, 6) is 0.0480. The van der Waals surface area contributed by atoms with Crippen LogP contribution in [0.3, 0.4) is 0 Å². The maximum atomic E-state index is 13.5. The second-order valence-corrected chi connectivity index (χ2v) is 10.2. The van der Waals surface area contributed by atoms with Crippen LogP contribution < -0.4 is 9.64 Å². The third-order valence-electron chi connectivity index (χ3n) is 7.49. The molecule has 0 radical (unpaired) electrons. The lowest BCUT2D eigenvalue weighted by molar-refractivity contribution is -0.137. The first-order valence-electron chi connectivity index (χ1n) is 12.9. The number of para-hydroxylation sites is 1. The molecule has 7 heteroatoms. The predicted molar refractivity (Wildman–Crippen MR) is 147 cm³/mol. The molecule has 1 fully saturated rings. The van der Waals surface area contributed by atoms with E-state index in [1.54, 1.807) is 29.0 Å². The second-order valence-electron chi connectivity index (χ2n) is 10.2. The predicted octanol–water partition coefficient (Wildman–Crippen LogP) is 5.26. The molecule has 0 aromatic heterocycles. The minimum atomic E-state index is -0.790. The molecule has 2 aliphatic heterocycles. The highest BCUT2D eigenvalue weighted by atomic mass is 19.1. The van der Waals surface area contributed by atoms with Crippen molar-refractivity contribution in [3.05, 3.63) is 95.3 Å². The summed E-state index contributed by atoms with van der Waals surface area (Å²) in [5.41, 5.74) is 3.69. The van der Waals surface area contributed by atoms with Gasteiger partial charge in [-0.2, -0.15) is 0 Å². The summed E-state index contributed by atoms with van der Waals surface area (Å²) in [7, 11) is 1.58. The number of carbonyl (C=O) groups is 2. The summed E-state index contributed by atoms with van der Waals surface area (Å²) in [4.78, 5) is 32.6. The molecule has 3 aromatic rings. The molecule has 0 saturated carbocycles. The number of piperazine rings is 1. The van der Waals surface area contributed by atoms with E-state index in [1.807, 2.05) is 44.2 Å². The number of fused-ring (bicyclic) bond motifs is 1. The van der Waals surface area contributed by atoms with Crippen LogP contribution in [-0.4, -0.2) is 61.4 Å². The summed E-state index contributed by atoms with van der Waals surface area (Å²) in [6.07, 6.45) is 4.23. The quantitative estimate of drug-likeness (QED) is 0.467. The average Bonchev–Trinajstić information content (AvgIpc) is 2.96. The number of hydrogen-bond acceptors (Lipinski definition) is 4. The molecule has 0 spiro atoms. The van der Waals surface area contributed by atoms with Gasteiger partial charge in [-0.15, -0.1) is 0 Å². The van der Waals surface area contributed by atoms with Gasteiger partial charge in [0, 0.05) is 50.2 Å². The van der Waals surface area contributed by atoms with Crippen molar-refractivity contribution < 1.29 is 18.7 Å². The average molecular weight is 514 g/mol. The Hall–Kier alpha value is -4.13. The normalized spacial score (nSPS) is 15.3. The number of benzene rings is 3. The summed E-state index contributed by atoms with van der Waals surface area (Å²) >= 11 is 0. The zero-order valence-corrected chi connectivity index (χ0v) is 22.0. The van der Waals surface area contributed by atoms with Crippen LogP contribution in [0, 0.1) is 5.82 Å². The fourth-order valence-electron chi connectivity index (χ4n) is 5.19. The monoisotopic (exact) mass is 513 g/mol. The lowest BCUT2D eigenvalue weighted by Gasteiger charge is -2.39. The standard InChI is InChI=1S/C31H32FN3O3/c1-31(2,23-10-12-24(32)13-11-23)30(37)34-19-17-33(18-20-34)29(36)26-15-14-25(21-28(26)38-3)35-16-6-8-22-7-4-5-9-27(22)35/h4-15,21H,16-20H2,1-3H3. The second kappa shape index (κ2) is 10.3. The topological polar surface area (TPSA) is 53.1 Å². The molecule has 2 aliphatic rings. The van der Waals surface area contributed by atoms with E-state index in [0.717, 1.165) is 29.0 Å². The third kappa shape index (κ3) is 4.76. The van der Waals surface area contributed by atoms with Gasteiger partial charge in [0.05, 0.1) is 18.1 Å². The van der Waals surface area contributed by atoms with Crippen molar-refractivity contribution >= 4 is 29.3 Å². The number of carbonyl (C=O) groups excluding carboxylic acids is 2. The molecule has 0 bridgehead atoms. The van der Waals surface area contributed by atoms with Gasteiger partial charge >= 0.3 is 0 Å². The molecule has 0 unspecified atom stereocenters. The third-order valence-corrected chi connectivity index (χ3v) is 7.49. The molecular weight excluding hydrogens is 481 g/mol. The van der Waals surface area contributed by atoms with E-state index in [9.17, 15) is 14.0 Å². The van der Waals surface area contributed by atoms with Crippen LogP contribution in [0.25, 0.3) is 6.08 Å². The Kier molecular flexibility index (Phi) is 6.93. The molecule has 6 nitrogen and oxygen atoms in total. The van der Waals surface area contributed by atoms with Crippen molar-refractivity contribution in [2.24, 2.45) is 0 Å². The van der Waals surface area contributed by atoms with Gasteiger partial charge in [0.1, 0.15) is 11.6 Å². The van der Waals surface area contributed by atoms with E-state index >= 15 is 0 Å². The number of rotatable bonds is 5. The summed E-state index contributed by atoms with van der Waals surface area (Å²) in [5, 5.41) is 0. The van der Waals surface area contributed by atoms with Crippen LogP contribution in [0.4, 0.5) is 15.8 Å². The molecule has 2 heterocycles. The first-order valence-corrected chi connectivity index (χ1v) is 12.9. The lowest BCUT2D eigenvalue weighted by Crippen LogP contribution is -2.54. The Labute approximate surface area is 222 Å². The van der Waals surface area contributed by atoms with Gasteiger partial charge in [-0.1, -0.05) is 42.5 Å². The zero-order valence-electron chi connectivity index (χ0n) is 22.0. The smallest absolute Gasteiger partial charge is 0.257 e. The fourth-order valence-corrected chi connectivity index (χ4v) is 5.19. The Bertz CT molecular complexity index is 1380. The molecule has 1 saturated heterocycles. The number of methoxy groups -OCH3 is 1. The van der Waals surface area contributed by atoms with Gasteiger partial charge in [0.2, 0.25) is 5.91 Å². The molecule has 3 aromatic carbocycles. The Morgan fingerprint density at radius 3 is 2.29 bits per heavy atom. The Morgan fingerprint density at radius 1 is 0.895 bits per heavy atom. The maximum Gasteiger partial charge on any atom is 0.257 e. The largest absolute Gasteiger partial charge is 0.496 e. The van der Waals surface area contributed by atoms with Gasteiger partial charge in [0.15, 0.2) is 0 Å². The molecule has 38 heavy (non-hydrogen) atoms. The molecular formula is C31H32FN3O3. The molecule has 0 aliphatic carbocycles. The first-order chi connectivity index (χ1) is 18.3. The van der Waals surface area contributed by atoms with Crippen LogP contribution in [0.15, 0.2) is 72.8 Å². The number of nitrogens with zero attached hydrogens (tertiary/aromatic N) is 3. The SMILES string of the molecule is COc1cc(N2CC=Cc3ccccc32)ccc1C(=O)N1CCN(C(=O)C(C)(C)c2ccc(F)cc2)CC1. The number of ether oxygens (including phenoxy) is 1. The summed E-state index contributed by atoms with van der Waals surface area (Å²) < 4.78 is 19.0. The molecule has 196 valence electrons. The van der Waals surface area contributed by atoms with Crippen LogP contribution in [0.1, 0.15) is 35.3 Å². The summed E-state index contributed by atoms with van der Waals surface area (Å²) in [6, 6.07) is 20.0. The maximum absolute atomic E-state index is 13.5. The van der Waals surface area contributed by atoms with Gasteiger partial charge in [-0.3, -0.25) is 9.59 Å². The highest BCUT2D eigenvalue weighted by molar-refractivity contribution is 5.98. The fraction of sp³-hybridized carbons (Fsp3) is 0.290. The Morgan fingerprint density at radius 2 is 1.58 bits per heavy atom. The van der Waals surface area contributed by atoms with Crippen molar-refractivity contribution in [1.29, 1.82) is 0 Å². The van der Waals surface area contributed by atoms with E-state index in [-0.39, 0.29) is 17.6 Å². The van der Waals surface area contributed by atoms with E-state index in [4.69, 9.17) is 4.74 Å². The van der Waals surface area contributed by atoms with E-state index in [2.05, 4.69) is 29.2 Å². The highest BCUT2D eigenvalue weighted by Gasteiger charge is 2.36. The molecule has 5 rings (SSSR count). The van der Waals surface area contributed by atoms with Crippen molar-refractivity contribution in [2.75, 3.05) is 44.7 Å². The van der Waals surface area contributed by atoms with Crippen LogP contribution >= 0.6 is 0 Å². The molecule has 0 N–H and O–H groups in total. The van der Waals surface area contributed by atoms with Gasteiger partial charge in [-0.05, 0) is 55.3 Å². The zero-order chi connectivity index (χ0) is 26.9. The van der Waals surface area contributed by atoms with Gasteiger partial charge in [0.25, 0.3) is 5.91 Å². The lowest BCUT2D eigenvalue weighted by atomic mass is 9.83. The van der Waals surface area contributed by atoms with Crippen molar-refractivity contribution in [3.8, 4) is 5.75 Å². The summed E-state index contributed by atoms with van der Waals surface area (Å²) in [6.45, 7) is 6.17. The minimum absolute atomic E-state index is 0.0333. The Balaban J connectivity index is 1.28.